The summed E-state index contributed by atoms with van der Waals surface area (Å²) in [4.78, 5) is 4.58. The molecule has 2 aromatic carbocycles. The first-order chi connectivity index (χ1) is 8.74. The van der Waals surface area contributed by atoms with E-state index in [1.807, 2.05) is 6.07 Å². The molecule has 2 heteroatoms. The number of nitrogens with zero attached hydrogens (tertiary/aromatic N) is 1. The van der Waals surface area contributed by atoms with Gasteiger partial charge in [-0.2, -0.15) is 0 Å². The van der Waals surface area contributed by atoms with Gasteiger partial charge in [-0.15, -0.1) is 0 Å². The number of hydrogen-bond donors (Lipinski definition) is 0. The molecule has 0 unspecified atom stereocenters. The molecule has 2 aromatic rings. The first-order valence-corrected chi connectivity index (χ1v) is 6.16. The summed E-state index contributed by atoms with van der Waals surface area (Å²) in [6, 6.07) is 12.7. The standard InChI is InChI=1S/C16H14FN/c1-11-4-2-7-15-14(11)8-9-16(15)18-13-6-3-5-12(17)10-13/h2-7,10H,8-9H2,1H3. The molecule has 18 heavy (non-hydrogen) atoms. The summed E-state index contributed by atoms with van der Waals surface area (Å²) in [6.45, 7) is 2.13. The van der Waals surface area contributed by atoms with E-state index in [1.54, 1.807) is 6.07 Å². The summed E-state index contributed by atoms with van der Waals surface area (Å²) in [5.74, 6) is -0.237. The number of aryl methyl sites for hydroxylation is 1. The second-order valence-electron chi connectivity index (χ2n) is 4.64. The molecule has 1 aliphatic rings. The van der Waals surface area contributed by atoms with Crippen LogP contribution in [0.25, 0.3) is 0 Å². The van der Waals surface area contributed by atoms with Crippen molar-refractivity contribution < 1.29 is 4.39 Å². The molecule has 0 saturated carbocycles. The Bertz CT molecular complexity index is 629. The number of rotatable bonds is 1. The molecule has 3 rings (SSSR count). The van der Waals surface area contributed by atoms with Crippen LogP contribution in [0.1, 0.15) is 23.1 Å². The smallest absolute Gasteiger partial charge is 0.125 e. The summed E-state index contributed by atoms with van der Waals surface area (Å²) in [5, 5.41) is 0. The van der Waals surface area contributed by atoms with Crippen LogP contribution in [0.2, 0.25) is 0 Å². The zero-order chi connectivity index (χ0) is 12.5. The maximum absolute atomic E-state index is 13.1. The van der Waals surface area contributed by atoms with E-state index in [-0.39, 0.29) is 5.82 Å². The largest absolute Gasteiger partial charge is 0.253 e. The van der Waals surface area contributed by atoms with E-state index in [0.717, 1.165) is 18.6 Å². The Morgan fingerprint density at radius 2 is 1.89 bits per heavy atom. The molecule has 0 N–H and O–H groups in total. The van der Waals surface area contributed by atoms with Crippen LogP contribution >= 0.6 is 0 Å². The highest BCUT2D eigenvalue weighted by Crippen LogP contribution is 2.27. The summed E-state index contributed by atoms with van der Waals surface area (Å²) in [7, 11) is 0. The molecule has 0 atom stereocenters. The van der Waals surface area contributed by atoms with Gasteiger partial charge in [0.15, 0.2) is 0 Å². The van der Waals surface area contributed by atoms with E-state index in [2.05, 4.69) is 30.1 Å². The number of hydrogen-bond acceptors (Lipinski definition) is 1. The van der Waals surface area contributed by atoms with E-state index < -0.39 is 0 Å². The van der Waals surface area contributed by atoms with Crippen molar-refractivity contribution >= 4 is 11.4 Å². The lowest BCUT2D eigenvalue weighted by Gasteiger charge is -2.03. The molecule has 0 spiro atoms. The van der Waals surface area contributed by atoms with Crippen molar-refractivity contribution in [1.82, 2.24) is 0 Å². The van der Waals surface area contributed by atoms with Gasteiger partial charge in [0, 0.05) is 5.71 Å². The van der Waals surface area contributed by atoms with Gasteiger partial charge in [-0.25, -0.2) is 4.39 Å². The Morgan fingerprint density at radius 1 is 1.06 bits per heavy atom. The highest BCUT2D eigenvalue weighted by Gasteiger charge is 2.18. The Balaban J connectivity index is 2.04. The van der Waals surface area contributed by atoms with E-state index >= 15 is 0 Å². The van der Waals surface area contributed by atoms with Crippen molar-refractivity contribution in [2.75, 3.05) is 0 Å². The Labute approximate surface area is 106 Å². The summed E-state index contributed by atoms with van der Waals surface area (Å²) in [5.41, 5.74) is 5.68. The average Bonchev–Trinajstić information content (AvgIpc) is 2.74. The first-order valence-electron chi connectivity index (χ1n) is 6.16. The Morgan fingerprint density at radius 3 is 2.72 bits per heavy atom. The van der Waals surface area contributed by atoms with Gasteiger partial charge in [0.2, 0.25) is 0 Å². The monoisotopic (exact) mass is 239 g/mol. The molecule has 1 nitrogen and oxygen atoms in total. The van der Waals surface area contributed by atoms with Crippen LogP contribution in [0.3, 0.4) is 0 Å². The van der Waals surface area contributed by atoms with Gasteiger partial charge < -0.3 is 0 Å². The van der Waals surface area contributed by atoms with Gasteiger partial charge in [0.1, 0.15) is 5.82 Å². The third-order valence-corrected chi connectivity index (χ3v) is 3.41. The van der Waals surface area contributed by atoms with E-state index in [4.69, 9.17) is 0 Å². The predicted molar refractivity (Wildman–Crippen MR) is 72.1 cm³/mol. The summed E-state index contributed by atoms with van der Waals surface area (Å²) < 4.78 is 13.1. The van der Waals surface area contributed by atoms with Crippen LogP contribution < -0.4 is 0 Å². The second-order valence-corrected chi connectivity index (χ2v) is 4.64. The zero-order valence-electron chi connectivity index (χ0n) is 10.3. The molecule has 1 aliphatic carbocycles. The van der Waals surface area contributed by atoms with Gasteiger partial charge in [0.25, 0.3) is 0 Å². The van der Waals surface area contributed by atoms with Crippen molar-refractivity contribution in [1.29, 1.82) is 0 Å². The van der Waals surface area contributed by atoms with E-state index in [9.17, 15) is 4.39 Å². The number of benzene rings is 2. The lowest BCUT2D eigenvalue weighted by atomic mass is 10.0. The first kappa shape index (κ1) is 11.1. The maximum Gasteiger partial charge on any atom is 0.125 e. The van der Waals surface area contributed by atoms with Crippen LogP contribution in [0, 0.1) is 12.7 Å². The van der Waals surface area contributed by atoms with Crippen molar-refractivity contribution in [3.8, 4) is 0 Å². The topological polar surface area (TPSA) is 12.4 Å². The number of fused-ring (bicyclic) bond motifs is 1. The molecule has 0 radical (unpaired) electrons. The minimum Gasteiger partial charge on any atom is -0.253 e. The molecule has 90 valence electrons. The van der Waals surface area contributed by atoms with Crippen LogP contribution in [0.4, 0.5) is 10.1 Å². The molecule has 0 aromatic heterocycles. The van der Waals surface area contributed by atoms with Crippen LogP contribution in [-0.4, -0.2) is 5.71 Å². The SMILES string of the molecule is Cc1cccc2c1CCC2=Nc1cccc(F)c1. The van der Waals surface area contributed by atoms with Crippen LogP contribution in [-0.2, 0) is 6.42 Å². The predicted octanol–water partition coefficient (Wildman–Crippen LogP) is 4.20. The molecule has 0 amide bonds. The quantitative estimate of drug-likeness (QED) is 0.707. The van der Waals surface area contributed by atoms with Crippen LogP contribution in [0.15, 0.2) is 47.5 Å². The normalized spacial score (nSPS) is 16.0. The van der Waals surface area contributed by atoms with Crippen molar-refractivity contribution in [3.05, 3.63) is 65.0 Å². The van der Waals surface area contributed by atoms with E-state index in [1.165, 1.54) is 28.8 Å². The highest BCUT2D eigenvalue weighted by atomic mass is 19.1. The van der Waals surface area contributed by atoms with Crippen LogP contribution in [0.5, 0.6) is 0 Å². The molecular formula is C16H14FN. The van der Waals surface area contributed by atoms with Crippen molar-refractivity contribution in [2.24, 2.45) is 4.99 Å². The molecule has 0 fully saturated rings. The number of halogens is 1. The van der Waals surface area contributed by atoms with Gasteiger partial charge in [-0.3, -0.25) is 4.99 Å². The Kier molecular flexibility index (Phi) is 2.71. The third kappa shape index (κ3) is 1.94. The lowest BCUT2D eigenvalue weighted by Crippen LogP contribution is -1.94. The number of aliphatic imine (C=N–C) groups is 1. The molecular weight excluding hydrogens is 225 g/mol. The molecule has 0 aliphatic heterocycles. The van der Waals surface area contributed by atoms with Gasteiger partial charge in [0.05, 0.1) is 5.69 Å². The third-order valence-electron chi connectivity index (χ3n) is 3.41. The second kappa shape index (κ2) is 4.37. The maximum atomic E-state index is 13.1. The van der Waals surface area contributed by atoms with Crippen molar-refractivity contribution in [2.45, 2.75) is 19.8 Å². The van der Waals surface area contributed by atoms with E-state index in [0.29, 0.717) is 5.69 Å². The lowest BCUT2D eigenvalue weighted by molar-refractivity contribution is 0.628. The molecule has 0 heterocycles. The van der Waals surface area contributed by atoms with Crippen molar-refractivity contribution in [3.63, 3.8) is 0 Å². The fourth-order valence-corrected chi connectivity index (χ4v) is 2.50. The minimum atomic E-state index is -0.237. The summed E-state index contributed by atoms with van der Waals surface area (Å²) in [6.07, 6.45) is 1.98. The summed E-state index contributed by atoms with van der Waals surface area (Å²) >= 11 is 0. The van der Waals surface area contributed by atoms with Gasteiger partial charge in [-0.05, 0) is 54.7 Å². The van der Waals surface area contributed by atoms with Gasteiger partial charge >= 0.3 is 0 Å². The molecule has 0 saturated heterocycles. The van der Waals surface area contributed by atoms with Gasteiger partial charge in [-0.1, -0.05) is 24.3 Å². The molecule has 0 bridgehead atoms. The Hall–Kier alpha value is -1.96. The zero-order valence-corrected chi connectivity index (χ0v) is 10.3. The minimum absolute atomic E-state index is 0.237. The highest BCUT2D eigenvalue weighted by molar-refractivity contribution is 6.06. The fourth-order valence-electron chi connectivity index (χ4n) is 2.50. The average molecular weight is 239 g/mol. The fraction of sp³-hybridized carbons (Fsp3) is 0.188.